The molecule has 1 aromatic rings. The van der Waals surface area contributed by atoms with Crippen LogP contribution in [0.3, 0.4) is 0 Å². The molecule has 0 atom stereocenters. The third-order valence-corrected chi connectivity index (χ3v) is 1.73. The number of halogens is 1. The summed E-state index contributed by atoms with van der Waals surface area (Å²) in [6.07, 6.45) is 6.00. The Labute approximate surface area is 78.9 Å². The molecule has 1 aromatic heterocycles. The molecule has 1 rings (SSSR count). The Morgan fingerprint density at radius 1 is 1.58 bits per heavy atom. The number of pyridine rings is 1. The van der Waals surface area contributed by atoms with Gasteiger partial charge < -0.3 is 11.1 Å². The second-order valence-electron chi connectivity index (χ2n) is 2.18. The van der Waals surface area contributed by atoms with Crippen molar-refractivity contribution < 1.29 is 0 Å². The van der Waals surface area contributed by atoms with Gasteiger partial charge in [-0.15, -0.1) is 0 Å². The molecular weight excluding hydrogens is 218 g/mol. The van der Waals surface area contributed by atoms with E-state index < -0.39 is 0 Å². The fraction of sp³-hybridized carbons (Fsp3) is 0. The zero-order chi connectivity index (χ0) is 8.97. The van der Waals surface area contributed by atoms with Crippen molar-refractivity contribution in [3.05, 3.63) is 34.6 Å². The van der Waals surface area contributed by atoms with Gasteiger partial charge in [0.15, 0.2) is 0 Å². The Balaban J connectivity index is 3.03. The Hall–Kier alpha value is -1.16. The van der Waals surface area contributed by atoms with Crippen molar-refractivity contribution >= 4 is 27.8 Å². The molecule has 3 nitrogen and oxygen atoms in total. The largest absolute Gasteiger partial charge is 0.398 e. The number of rotatable bonds is 2. The van der Waals surface area contributed by atoms with E-state index in [1.165, 1.54) is 6.08 Å². The Kier molecular flexibility index (Phi) is 2.99. The number of aromatic nitrogens is 1. The quantitative estimate of drug-likeness (QED) is 0.755. The molecule has 0 bridgehead atoms. The van der Waals surface area contributed by atoms with Crippen LogP contribution in [0, 0.1) is 5.41 Å². The summed E-state index contributed by atoms with van der Waals surface area (Å²) in [6.45, 7) is 0. The maximum absolute atomic E-state index is 6.82. The lowest BCUT2D eigenvalue weighted by atomic mass is 10.2. The van der Waals surface area contributed by atoms with Crippen molar-refractivity contribution in [2.24, 2.45) is 5.73 Å². The van der Waals surface area contributed by atoms with Crippen molar-refractivity contribution in [1.29, 1.82) is 5.41 Å². The maximum Gasteiger partial charge on any atom is 0.0418 e. The van der Waals surface area contributed by atoms with Crippen LogP contribution in [0.1, 0.15) is 5.56 Å². The summed E-state index contributed by atoms with van der Waals surface area (Å²) in [5, 5.41) is 6.82. The summed E-state index contributed by atoms with van der Waals surface area (Å²) in [6, 6.07) is 1.85. The molecule has 0 saturated carbocycles. The van der Waals surface area contributed by atoms with Gasteiger partial charge >= 0.3 is 0 Å². The third kappa shape index (κ3) is 2.17. The fourth-order valence-electron chi connectivity index (χ4n) is 0.756. The standard InChI is InChI=1S/C8H8BrN3/c9-7-3-6(4-12-5-7)8(11)1-2-10/h1-5,10H,11H2/b8-1-,10-2?. The van der Waals surface area contributed by atoms with Gasteiger partial charge in [-0.3, -0.25) is 4.98 Å². The topological polar surface area (TPSA) is 62.8 Å². The molecule has 0 saturated heterocycles. The van der Waals surface area contributed by atoms with Crippen molar-refractivity contribution in [3.8, 4) is 0 Å². The lowest BCUT2D eigenvalue weighted by Gasteiger charge is -1.99. The number of allylic oxidation sites excluding steroid dienone is 1. The predicted molar refractivity (Wildman–Crippen MR) is 52.9 cm³/mol. The summed E-state index contributed by atoms with van der Waals surface area (Å²) in [4.78, 5) is 3.94. The van der Waals surface area contributed by atoms with Gasteiger partial charge in [0.25, 0.3) is 0 Å². The van der Waals surface area contributed by atoms with Crippen molar-refractivity contribution in [2.75, 3.05) is 0 Å². The van der Waals surface area contributed by atoms with Gasteiger partial charge in [0.2, 0.25) is 0 Å². The molecule has 1 heterocycles. The van der Waals surface area contributed by atoms with Crippen LogP contribution in [0.25, 0.3) is 5.70 Å². The molecule has 0 radical (unpaired) electrons. The first-order valence-corrected chi connectivity index (χ1v) is 4.10. The number of hydrogen-bond donors (Lipinski definition) is 2. The van der Waals surface area contributed by atoms with Gasteiger partial charge in [0.05, 0.1) is 0 Å². The Morgan fingerprint density at radius 2 is 2.33 bits per heavy atom. The molecule has 0 aromatic carbocycles. The molecule has 62 valence electrons. The molecule has 0 spiro atoms. The predicted octanol–water partition coefficient (Wildman–Crippen LogP) is 1.79. The normalized spacial score (nSPS) is 11.2. The summed E-state index contributed by atoms with van der Waals surface area (Å²) in [5.41, 5.74) is 6.98. The van der Waals surface area contributed by atoms with Crippen LogP contribution in [0.15, 0.2) is 29.0 Å². The molecule has 0 amide bonds. The first-order chi connectivity index (χ1) is 5.74. The minimum Gasteiger partial charge on any atom is -0.398 e. The maximum atomic E-state index is 6.82. The van der Waals surface area contributed by atoms with Crippen LogP contribution in [0.5, 0.6) is 0 Å². The van der Waals surface area contributed by atoms with Crippen LogP contribution in [0.2, 0.25) is 0 Å². The van der Waals surface area contributed by atoms with Crippen LogP contribution in [0.4, 0.5) is 0 Å². The molecule has 0 aliphatic heterocycles. The van der Waals surface area contributed by atoms with Crippen LogP contribution in [-0.2, 0) is 0 Å². The summed E-state index contributed by atoms with van der Waals surface area (Å²) >= 11 is 3.28. The van der Waals surface area contributed by atoms with Crippen molar-refractivity contribution in [3.63, 3.8) is 0 Å². The zero-order valence-corrected chi connectivity index (χ0v) is 7.88. The van der Waals surface area contributed by atoms with E-state index in [4.69, 9.17) is 11.1 Å². The van der Waals surface area contributed by atoms with Gasteiger partial charge in [-0.1, -0.05) is 0 Å². The monoisotopic (exact) mass is 225 g/mol. The van der Waals surface area contributed by atoms with E-state index in [0.29, 0.717) is 5.70 Å². The lowest BCUT2D eigenvalue weighted by molar-refractivity contribution is 1.28. The van der Waals surface area contributed by atoms with Gasteiger partial charge in [0, 0.05) is 34.3 Å². The van der Waals surface area contributed by atoms with Crippen LogP contribution in [-0.4, -0.2) is 11.2 Å². The van der Waals surface area contributed by atoms with Crippen molar-refractivity contribution in [1.82, 2.24) is 4.98 Å². The molecule has 0 unspecified atom stereocenters. The van der Waals surface area contributed by atoms with E-state index in [9.17, 15) is 0 Å². The van der Waals surface area contributed by atoms with E-state index in [2.05, 4.69) is 20.9 Å². The minimum absolute atomic E-state index is 0.541. The second kappa shape index (κ2) is 4.01. The average Bonchev–Trinajstić information content (AvgIpc) is 2.05. The molecule has 12 heavy (non-hydrogen) atoms. The van der Waals surface area contributed by atoms with Crippen molar-refractivity contribution in [2.45, 2.75) is 0 Å². The van der Waals surface area contributed by atoms with E-state index in [-0.39, 0.29) is 0 Å². The van der Waals surface area contributed by atoms with E-state index in [1.54, 1.807) is 12.4 Å². The Morgan fingerprint density at radius 3 is 2.92 bits per heavy atom. The average molecular weight is 226 g/mol. The molecule has 0 fully saturated rings. The number of nitrogens with two attached hydrogens (primary N) is 1. The van der Waals surface area contributed by atoms with Gasteiger partial charge in [-0.25, -0.2) is 0 Å². The highest BCUT2D eigenvalue weighted by atomic mass is 79.9. The fourth-order valence-corrected chi connectivity index (χ4v) is 1.12. The molecule has 0 aliphatic carbocycles. The second-order valence-corrected chi connectivity index (χ2v) is 3.10. The smallest absolute Gasteiger partial charge is 0.0418 e. The van der Waals surface area contributed by atoms with Crippen LogP contribution < -0.4 is 5.73 Å². The van der Waals surface area contributed by atoms with Gasteiger partial charge in [-0.05, 0) is 28.1 Å². The van der Waals surface area contributed by atoms with Gasteiger partial charge in [-0.2, -0.15) is 0 Å². The summed E-state index contributed by atoms with van der Waals surface area (Å²) in [7, 11) is 0. The summed E-state index contributed by atoms with van der Waals surface area (Å²) in [5.74, 6) is 0. The highest BCUT2D eigenvalue weighted by Gasteiger charge is 1.95. The molecular formula is C8H8BrN3. The van der Waals surface area contributed by atoms with E-state index in [1.807, 2.05) is 6.07 Å². The Bertz CT molecular complexity index is 320. The van der Waals surface area contributed by atoms with E-state index >= 15 is 0 Å². The highest BCUT2D eigenvalue weighted by Crippen LogP contribution is 2.13. The number of nitrogens with one attached hydrogen (secondary N) is 1. The molecule has 3 N–H and O–H groups in total. The number of hydrogen-bond acceptors (Lipinski definition) is 3. The molecule has 4 heteroatoms. The SMILES string of the molecule is N=C/C=C(\N)c1cncc(Br)c1. The lowest BCUT2D eigenvalue weighted by Crippen LogP contribution is -1.96. The number of nitrogens with zero attached hydrogens (tertiary/aromatic N) is 1. The van der Waals surface area contributed by atoms with Crippen LogP contribution >= 0.6 is 15.9 Å². The van der Waals surface area contributed by atoms with Gasteiger partial charge in [0.1, 0.15) is 0 Å². The van der Waals surface area contributed by atoms with E-state index in [0.717, 1.165) is 16.3 Å². The molecule has 0 aliphatic rings. The highest BCUT2D eigenvalue weighted by molar-refractivity contribution is 9.10. The minimum atomic E-state index is 0.541. The zero-order valence-electron chi connectivity index (χ0n) is 6.29. The first kappa shape index (κ1) is 8.93. The summed E-state index contributed by atoms with van der Waals surface area (Å²) < 4.78 is 0.876. The third-order valence-electron chi connectivity index (χ3n) is 1.30. The first-order valence-electron chi connectivity index (χ1n) is 3.31.